The van der Waals surface area contributed by atoms with Gasteiger partial charge in [-0.2, -0.15) is 13.2 Å². The van der Waals surface area contributed by atoms with Crippen molar-refractivity contribution in [2.45, 2.75) is 48.8 Å². The number of carbonyl (C=O) groups excluding carboxylic acids is 2. The van der Waals surface area contributed by atoms with Crippen molar-refractivity contribution >= 4 is 21.7 Å². The maximum absolute atomic E-state index is 14.8. The number of hydrogen-bond acceptors (Lipinski definition) is 5. The summed E-state index contributed by atoms with van der Waals surface area (Å²) >= 11 is 0. The van der Waals surface area contributed by atoms with Crippen LogP contribution in [-0.4, -0.2) is 49.0 Å². The second-order valence-electron chi connectivity index (χ2n) is 9.84. The lowest BCUT2D eigenvalue weighted by Gasteiger charge is -2.27. The molecule has 0 unspecified atom stereocenters. The van der Waals surface area contributed by atoms with Gasteiger partial charge in [-0.25, -0.2) is 17.2 Å². The van der Waals surface area contributed by atoms with Gasteiger partial charge in [-0.1, -0.05) is 0 Å². The molecule has 2 fully saturated rings. The molecule has 13 heteroatoms. The standard InChI is InChI=1S/C26H24F5N3O4S/c1-3-4-14-7-22(34(13-14)25(36)16-8-17(12-32-11-16)39(2,37)38)24(35)33-23(15-5-6-15)18-9-21(28)19(10-20(18)27)26(29,30)31/h1,8-12,14-15,22-23H,4-7,13H2,2H3,(H,33,35)/t14-,22-,23-/m1/s1. The summed E-state index contributed by atoms with van der Waals surface area (Å²) < 4.78 is 92.0. The molecular formula is C26H24F5N3O4S. The summed E-state index contributed by atoms with van der Waals surface area (Å²) in [5.74, 6) is -2.50. The SMILES string of the molecule is C#CC[C@@H]1C[C@H](C(=O)N[C@@H](c2cc(F)c(C(F)(F)F)cc2F)C2CC2)N(C(=O)c2cncc(S(C)(=O)=O)c2)C1. The summed E-state index contributed by atoms with van der Waals surface area (Å²) in [5.41, 5.74) is -2.25. The number of alkyl halides is 3. The number of carbonyl (C=O) groups is 2. The molecule has 1 aliphatic heterocycles. The zero-order valence-electron chi connectivity index (χ0n) is 20.6. The number of sulfone groups is 1. The minimum Gasteiger partial charge on any atom is -0.347 e. The normalized spacial score (nSPS) is 20.4. The monoisotopic (exact) mass is 569 g/mol. The number of pyridine rings is 1. The van der Waals surface area contributed by atoms with Gasteiger partial charge in [-0.05, 0) is 49.3 Å². The third-order valence-corrected chi connectivity index (χ3v) is 7.94. The molecule has 1 N–H and O–H groups in total. The predicted molar refractivity (Wildman–Crippen MR) is 129 cm³/mol. The van der Waals surface area contributed by atoms with Crippen molar-refractivity contribution in [3.63, 3.8) is 0 Å². The highest BCUT2D eigenvalue weighted by molar-refractivity contribution is 7.90. The van der Waals surface area contributed by atoms with Crippen LogP contribution in [0.2, 0.25) is 0 Å². The van der Waals surface area contributed by atoms with Gasteiger partial charge in [0.1, 0.15) is 17.7 Å². The first-order chi connectivity index (χ1) is 18.2. The highest BCUT2D eigenvalue weighted by Gasteiger charge is 2.43. The lowest BCUT2D eigenvalue weighted by Crippen LogP contribution is -2.47. The zero-order chi connectivity index (χ0) is 28.7. The average molecular weight is 570 g/mol. The van der Waals surface area contributed by atoms with Crippen molar-refractivity contribution < 1.29 is 40.0 Å². The molecule has 2 heterocycles. The Balaban J connectivity index is 1.63. The Labute approximate surface area is 221 Å². The maximum Gasteiger partial charge on any atom is 0.419 e. The third kappa shape index (κ3) is 6.21. The van der Waals surface area contributed by atoms with E-state index < -0.39 is 62.7 Å². The van der Waals surface area contributed by atoms with Crippen LogP contribution in [0.5, 0.6) is 0 Å². The molecule has 0 radical (unpaired) electrons. The Hall–Kier alpha value is -3.53. The fourth-order valence-electron chi connectivity index (χ4n) is 4.76. The van der Waals surface area contributed by atoms with Crippen LogP contribution in [-0.2, 0) is 20.8 Å². The van der Waals surface area contributed by atoms with Gasteiger partial charge < -0.3 is 10.2 Å². The molecular weight excluding hydrogens is 545 g/mol. The van der Waals surface area contributed by atoms with Gasteiger partial charge in [0.05, 0.1) is 22.1 Å². The molecule has 2 aliphatic rings. The minimum atomic E-state index is -5.10. The first-order valence-electron chi connectivity index (χ1n) is 12.0. The van der Waals surface area contributed by atoms with E-state index in [4.69, 9.17) is 6.42 Å². The van der Waals surface area contributed by atoms with Crippen molar-refractivity contribution in [2.24, 2.45) is 11.8 Å². The van der Waals surface area contributed by atoms with Crippen LogP contribution in [0.25, 0.3) is 0 Å². The van der Waals surface area contributed by atoms with E-state index in [2.05, 4.69) is 16.2 Å². The van der Waals surface area contributed by atoms with Crippen molar-refractivity contribution in [2.75, 3.05) is 12.8 Å². The number of nitrogens with one attached hydrogen (secondary N) is 1. The van der Waals surface area contributed by atoms with E-state index in [-0.39, 0.29) is 47.7 Å². The fourth-order valence-corrected chi connectivity index (χ4v) is 5.35. The highest BCUT2D eigenvalue weighted by atomic mass is 32.2. The molecule has 0 bridgehead atoms. The first kappa shape index (κ1) is 28.5. The largest absolute Gasteiger partial charge is 0.419 e. The van der Waals surface area contributed by atoms with Crippen LogP contribution in [0.15, 0.2) is 35.5 Å². The topological polar surface area (TPSA) is 96.4 Å². The second-order valence-corrected chi connectivity index (χ2v) is 11.9. The fraction of sp³-hybridized carbons (Fsp3) is 0.423. The number of halogens is 5. The molecule has 7 nitrogen and oxygen atoms in total. The third-order valence-electron chi connectivity index (χ3n) is 6.86. The number of hydrogen-bond donors (Lipinski definition) is 1. The van der Waals surface area contributed by atoms with Gasteiger partial charge in [0, 0.05) is 37.2 Å². The first-order valence-corrected chi connectivity index (χ1v) is 13.9. The zero-order valence-corrected chi connectivity index (χ0v) is 21.5. The Kier molecular flexibility index (Phi) is 7.71. The van der Waals surface area contributed by atoms with Crippen molar-refractivity contribution in [3.8, 4) is 12.3 Å². The number of likely N-dealkylation sites (tertiary alicyclic amines) is 1. The number of amides is 2. The lowest BCUT2D eigenvalue weighted by molar-refractivity contribution is -0.140. The van der Waals surface area contributed by atoms with E-state index in [1.807, 2.05) is 0 Å². The molecule has 4 rings (SSSR count). The molecule has 1 aromatic carbocycles. The van der Waals surface area contributed by atoms with Crippen LogP contribution in [0.4, 0.5) is 22.0 Å². The summed E-state index contributed by atoms with van der Waals surface area (Å²) in [7, 11) is -3.68. The van der Waals surface area contributed by atoms with Crippen LogP contribution in [0.1, 0.15) is 53.2 Å². The summed E-state index contributed by atoms with van der Waals surface area (Å²) in [4.78, 5) is 31.6. The second kappa shape index (κ2) is 10.6. The van der Waals surface area contributed by atoms with E-state index in [1.54, 1.807) is 0 Å². The van der Waals surface area contributed by atoms with Gasteiger partial charge in [-0.15, -0.1) is 12.3 Å². The Morgan fingerprint density at radius 2 is 1.87 bits per heavy atom. The number of benzene rings is 1. The average Bonchev–Trinajstić information content (AvgIpc) is 3.61. The van der Waals surface area contributed by atoms with E-state index >= 15 is 0 Å². The Morgan fingerprint density at radius 3 is 2.46 bits per heavy atom. The van der Waals surface area contributed by atoms with Gasteiger partial charge in [0.2, 0.25) is 5.91 Å². The van der Waals surface area contributed by atoms with Crippen LogP contribution in [0, 0.1) is 35.8 Å². The molecule has 3 atom stereocenters. The number of aromatic nitrogens is 1. The smallest absolute Gasteiger partial charge is 0.347 e. The molecule has 1 saturated heterocycles. The molecule has 1 saturated carbocycles. The van der Waals surface area contributed by atoms with E-state index in [0.29, 0.717) is 18.9 Å². The molecule has 2 aromatic rings. The van der Waals surface area contributed by atoms with Crippen LogP contribution < -0.4 is 5.32 Å². The van der Waals surface area contributed by atoms with E-state index in [1.165, 1.54) is 4.90 Å². The summed E-state index contributed by atoms with van der Waals surface area (Å²) in [5, 5.41) is 2.61. The summed E-state index contributed by atoms with van der Waals surface area (Å²) in [6.07, 6.45) is 4.96. The molecule has 39 heavy (non-hydrogen) atoms. The Morgan fingerprint density at radius 1 is 1.18 bits per heavy atom. The van der Waals surface area contributed by atoms with Gasteiger partial charge >= 0.3 is 6.18 Å². The van der Waals surface area contributed by atoms with Crippen LogP contribution >= 0.6 is 0 Å². The van der Waals surface area contributed by atoms with E-state index in [0.717, 1.165) is 24.7 Å². The predicted octanol–water partition coefficient (Wildman–Crippen LogP) is 3.90. The number of terminal acetylenes is 1. The van der Waals surface area contributed by atoms with Crippen LogP contribution in [0.3, 0.4) is 0 Å². The molecule has 1 aliphatic carbocycles. The molecule has 0 spiro atoms. The van der Waals surface area contributed by atoms with Gasteiger partial charge in [-0.3, -0.25) is 14.6 Å². The molecule has 208 valence electrons. The van der Waals surface area contributed by atoms with Crippen molar-refractivity contribution in [1.82, 2.24) is 15.2 Å². The quantitative estimate of drug-likeness (QED) is 0.403. The number of rotatable bonds is 7. The van der Waals surface area contributed by atoms with Crippen molar-refractivity contribution in [3.05, 3.63) is 58.9 Å². The lowest BCUT2D eigenvalue weighted by atomic mass is 9.97. The molecule has 1 aromatic heterocycles. The van der Waals surface area contributed by atoms with Gasteiger partial charge in [0.25, 0.3) is 5.91 Å². The van der Waals surface area contributed by atoms with Crippen molar-refractivity contribution in [1.29, 1.82) is 0 Å². The van der Waals surface area contributed by atoms with E-state index in [9.17, 15) is 40.0 Å². The minimum absolute atomic E-state index is 0.0710. The Bertz CT molecular complexity index is 1450. The highest BCUT2D eigenvalue weighted by Crippen LogP contribution is 2.43. The number of nitrogens with zero attached hydrogens (tertiary/aromatic N) is 2. The summed E-state index contributed by atoms with van der Waals surface area (Å²) in [6, 6.07) is -0.554. The summed E-state index contributed by atoms with van der Waals surface area (Å²) in [6.45, 7) is 0.0710. The van der Waals surface area contributed by atoms with Gasteiger partial charge in [0.15, 0.2) is 9.84 Å². The maximum atomic E-state index is 14.8. The molecule has 2 amide bonds.